The van der Waals surface area contributed by atoms with E-state index in [4.69, 9.17) is 4.63 Å². The van der Waals surface area contributed by atoms with Gasteiger partial charge < -0.3 is 15.0 Å². The summed E-state index contributed by atoms with van der Waals surface area (Å²) in [5, 5.41) is 23.2. The van der Waals surface area contributed by atoms with Crippen LogP contribution in [0.15, 0.2) is 87.3 Å². The second-order valence-electron chi connectivity index (χ2n) is 8.07. The molecule has 0 saturated carbocycles. The molecule has 192 valence electrons. The van der Waals surface area contributed by atoms with Crippen molar-refractivity contribution in [3.05, 3.63) is 100 Å². The van der Waals surface area contributed by atoms with Crippen molar-refractivity contribution in [2.75, 3.05) is 17.2 Å². The highest BCUT2D eigenvalue weighted by atomic mass is 79.9. The third-order valence-electron chi connectivity index (χ3n) is 5.53. The lowest BCUT2D eigenvalue weighted by atomic mass is 10.1. The van der Waals surface area contributed by atoms with Gasteiger partial charge >= 0.3 is 0 Å². The summed E-state index contributed by atoms with van der Waals surface area (Å²) in [5.41, 5.74) is 5.47. The predicted octanol–water partition coefficient (Wildman–Crippen LogP) is 4.58. The molecule has 5 aromatic rings. The quantitative estimate of drug-likeness (QED) is 0.119. The monoisotopic (exact) mass is 578 g/mol. The van der Waals surface area contributed by atoms with Crippen molar-refractivity contribution in [1.82, 2.24) is 25.2 Å². The molecule has 5 rings (SSSR count). The molecule has 0 aliphatic carbocycles. The molecule has 0 aliphatic rings. The Morgan fingerprint density at radius 1 is 1.13 bits per heavy atom. The van der Waals surface area contributed by atoms with Gasteiger partial charge in [-0.05, 0) is 80.7 Å². The van der Waals surface area contributed by atoms with Gasteiger partial charge in [0.05, 0.1) is 15.7 Å². The van der Waals surface area contributed by atoms with Crippen LogP contribution in [0.2, 0.25) is 0 Å². The summed E-state index contributed by atoms with van der Waals surface area (Å²) in [7, 11) is 0. The average Bonchev–Trinajstić information content (AvgIpc) is 3.59. The molecule has 13 heteroatoms. The molecule has 1 amide bonds. The lowest BCUT2D eigenvalue weighted by Crippen LogP contribution is -2.22. The number of halogens is 2. The Morgan fingerprint density at radius 3 is 2.76 bits per heavy atom. The number of amides is 1. The van der Waals surface area contributed by atoms with Crippen LogP contribution in [0.5, 0.6) is 0 Å². The van der Waals surface area contributed by atoms with Crippen molar-refractivity contribution in [2.24, 2.45) is 4.99 Å². The van der Waals surface area contributed by atoms with Crippen LogP contribution in [0.1, 0.15) is 21.6 Å². The van der Waals surface area contributed by atoms with Crippen molar-refractivity contribution < 1.29 is 19.0 Å². The Labute approximate surface area is 223 Å². The van der Waals surface area contributed by atoms with E-state index in [1.807, 2.05) is 29.7 Å². The first-order valence-electron chi connectivity index (χ1n) is 11.3. The summed E-state index contributed by atoms with van der Waals surface area (Å²) in [6.45, 7) is 0.471. The smallest absolute Gasteiger partial charge is 0.257 e. The fourth-order valence-corrected chi connectivity index (χ4v) is 3.98. The van der Waals surface area contributed by atoms with E-state index in [9.17, 15) is 14.4 Å². The number of hydroxylamine groups is 1. The van der Waals surface area contributed by atoms with Gasteiger partial charge in [0.1, 0.15) is 11.5 Å². The zero-order chi connectivity index (χ0) is 26.5. The Kier molecular flexibility index (Phi) is 7.38. The molecule has 38 heavy (non-hydrogen) atoms. The zero-order valence-corrected chi connectivity index (χ0v) is 21.2. The summed E-state index contributed by atoms with van der Waals surface area (Å²) in [4.78, 5) is 21.0. The van der Waals surface area contributed by atoms with Crippen LogP contribution in [0.3, 0.4) is 0 Å². The largest absolute Gasteiger partial charge is 0.365 e. The van der Waals surface area contributed by atoms with Crippen molar-refractivity contribution >= 4 is 50.5 Å². The van der Waals surface area contributed by atoms with E-state index in [-0.39, 0.29) is 27.7 Å². The molecule has 0 atom stereocenters. The second-order valence-corrected chi connectivity index (χ2v) is 8.92. The van der Waals surface area contributed by atoms with Gasteiger partial charge in [0.25, 0.3) is 5.91 Å². The zero-order valence-electron chi connectivity index (χ0n) is 19.6. The van der Waals surface area contributed by atoms with Crippen molar-refractivity contribution in [3.8, 4) is 0 Å². The maximum atomic E-state index is 13.5. The first-order valence-corrected chi connectivity index (χ1v) is 12.1. The van der Waals surface area contributed by atoms with Crippen LogP contribution in [-0.2, 0) is 6.42 Å². The summed E-state index contributed by atoms with van der Waals surface area (Å²) in [6.07, 6.45) is 5.81. The number of hydrogen-bond acceptors (Lipinski definition) is 8. The molecule has 0 spiro atoms. The minimum atomic E-state index is -0.434. The van der Waals surface area contributed by atoms with Crippen LogP contribution < -0.4 is 16.1 Å². The fraction of sp³-hybridized carbons (Fsp3) is 0.0800. The minimum Gasteiger partial charge on any atom is -0.365 e. The molecule has 0 bridgehead atoms. The fourth-order valence-electron chi connectivity index (χ4n) is 3.61. The van der Waals surface area contributed by atoms with Gasteiger partial charge in [-0.2, -0.15) is 0 Å². The Bertz CT molecular complexity index is 1620. The van der Waals surface area contributed by atoms with Gasteiger partial charge in [0.2, 0.25) is 5.82 Å². The topological polar surface area (TPSA) is 142 Å². The number of anilines is 2. The molecule has 2 aromatic carbocycles. The molecule has 0 saturated heterocycles. The Balaban J connectivity index is 1.18. The summed E-state index contributed by atoms with van der Waals surface area (Å²) >= 11 is 3.10. The van der Waals surface area contributed by atoms with E-state index in [2.05, 4.69) is 46.9 Å². The van der Waals surface area contributed by atoms with Gasteiger partial charge in [-0.25, -0.2) is 19.0 Å². The highest BCUT2D eigenvalue weighted by Crippen LogP contribution is 2.23. The molecular formula is C25H20BrFN8O3. The summed E-state index contributed by atoms with van der Waals surface area (Å²) < 4.78 is 20.3. The number of hydrogen-bond donors (Lipinski definition) is 4. The predicted molar refractivity (Wildman–Crippen MR) is 141 cm³/mol. The van der Waals surface area contributed by atoms with Crippen molar-refractivity contribution in [2.45, 2.75) is 6.42 Å². The number of imidazole rings is 1. The molecule has 0 unspecified atom stereocenters. The number of nitrogens with zero attached hydrogens (tertiary/aromatic N) is 5. The van der Waals surface area contributed by atoms with Gasteiger partial charge in [-0.1, -0.05) is 12.1 Å². The second kappa shape index (κ2) is 11.2. The number of aromatic nitrogens is 4. The van der Waals surface area contributed by atoms with E-state index < -0.39 is 5.82 Å². The van der Waals surface area contributed by atoms with Crippen LogP contribution in [0, 0.1) is 5.82 Å². The standard InChI is InChI=1S/C25H20BrFN8O3/c26-19-13-18(6-7-20(19)27)30-24(32-37)22-23(34-38-33-22)29-10-9-15-1-4-17(5-2-15)31-25(36)16-3-8-21-28-11-12-35(21)14-16/h1-8,11-14,37H,9-10H2,(H,29,34)(H,30,32)(H,31,36). The normalized spacial score (nSPS) is 11.5. The van der Waals surface area contributed by atoms with Gasteiger partial charge in [-0.3, -0.25) is 15.5 Å². The highest BCUT2D eigenvalue weighted by molar-refractivity contribution is 9.10. The number of pyridine rings is 1. The molecular weight excluding hydrogens is 559 g/mol. The lowest BCUT2D eigenvalue weighted by molar-refractivity contribution is 0.102. The van der Waals surface area contributed by atoms with Crippen LogP contribution >= 0.6 is 15.9 Å². The maximum absolute atomic E-state index is 13.5. The molecule has 0 radical (unpaired) electrons. The van der Waals surface area contributed by atoms with E-state index in [1.54, 1.807) is 35.1 Å². The van der Waals surface area contributed by atoms with Crippen LogP contribution in [0.4, 0.5) is 21.6 Å². The third-order valence-corrected chi connectivity index (χ3v) is 6.14. The number of nitrogens with one attached hydrogen (secondary N) is 3. The van der Waals surface area contributed by atoms with E-state index in [1.165, 1.54) is 18.2 Å². The van der Waals surface area contributed by atoms with E-state index in [0.29, 0.717) is 29.9 Å². The average molecular weight is 579 g/mol. The van der Waals surface area contributed by atoms with E-state index in [0.717, 1.165) is 11.2 Å². The molecule has 11 nitrogen and oxygen atoms in total. The Morgan fingerprint density at radius 2 is 1.97 bits per heavy atom. The van der Waals surface area contributed by atoms with Crippen molar-refractivity contribution in [3.63, 3.8) is 0 Å². The summed E-state index contributed by atoms with van der Waals surface area (Å²) in [5.74, 6) is -0.412. The number of amidine groups is 1. The number of carbonyl (C=O) groups excluding carboxylic acids is 1. The number of fused-ring (bicyclic) bond motifs is 1. The number of carbonyl (C=O) groups is 1. The number of aliphatic imine (C=N–C) groups is 1. The van der Waals surface area contributed by atoms with Crippen LogP contribution in [-0.4, -0.2) is 43.2 Å². The first-order chi connectivity index (χ1) is 18.5. The third kappa shape index (κ3) is 5.68. The molecule has 3 heterocycles. The minimum absolute atomic E-state index is 0.0282. The van der Waals surface area contributed by atoms with Crippen molar-refractivity contribution in [1.29, 1.82) is 0 Å². The highest BCUT2D eigenvalue weighted by Gasteiger charge is 2.17. The van der Waals surface area contributed by atoms with Gasteiger partial charge in [0.15, 0.2) is 11.5 Å². The maximum Gasteiger partial charge on any atom is 0.257 e. The molecule has 0 aliphatic heterocycles. The lowest BCUT2D eigenvalue weighted by Gasteiger charge is -2.08. The summed E-state index contributed by atoms with van der Waals surface area (Å²) in [6, 6.07) is 15.1. The molecule has 3 aromatic heterocycles. The van der Waals surface area contributed by atoms with Gasteiger partial charge in [-0.15, -0.1) is 0 Å². The first kappa shape index (κ1) is 25.0. The Hall–Kier alpha value is -4.62. The molecule has 0 fully saturated rings. The van der Waals surface area contributed by atoms with Gasteiger partial charge in [0, 0.05) is 30.8 Å². The van der Waals surface area contributed by atoms with Crippen LogP contribution in [0.25, 0.3) is 5.65 Å². The number of rotatable bonds is 8. The number of benzene rings is 2. The SMILES string of the molecule is O=C(Nc1ccc(CCNc2nonc2C(=Nc2ccc(F)c(Br)c2)NO)cc1)c1ccc2nccn2c1. The molecule has 4 N–H and O–H groups in total. The van der Waals surface area contributed by atoms with E-state index >= 15 is 0 Å².